The molecule has 1 saturated carbocycles. The first-order valence-corrected chi connectivity index (χ1v) is 6.27. The number of hydrogen-bond donors (Lipinski definition) is 1. The van der Waals surface area contributed by atoms with Crippen LogP contribution in [0.1, 0.15) is 12.8 Å². The second-order valence-corrected chi connectivity index (χ2v) is 5.17. The second kappa shape index (κ2) is 4.29. The molecule has 0 radical (unpaired) electrons. The molecule has 0 unspecified atom stereocenters. The number of hydrogen-bond acceptors (Lipinski definition) is 5. The van der Waals surface area contributed by atoms with Gasteiger partial charge in [-0.1, -0.05) is 0 Å². The van der Waals surface area contributed by atoms with Crippen LogP contribution in [0, 0.1) is 10.1 Å². The molecule has 1 aromatic heterocycles. The van der Waals surface area contributed by atoms with Gasteiger partial charge in [0.1, 0.15) is 12.0 Å². The summed E-state index contributed by atoms with van der Waals surface area (Å²) < 4.78 is 0.365. The standard InChI is InChI=1S/C10H13N3O2S/c1-16-10(4-5-10)7-12-9-3-2-8(6-11-9)13(14)15/h2-3,6H,4-5,7H2,1H3,(H,11,12). The highest BCUT2D eigenvalue weighted by Gasteiger charge is 2.41. The average molecular weight is 239 g/mol. The van der Waals surface area contributed by atoms with Crippen molar-refractivity contribution in [2.24, 2.45) is 0 Å². The molecule has 0 aliphatic heterocycles. The van der Waals surface area contributed by atoms with Crippen molar-refractivity contribution in [1.82, 2.24) is 4.98 Å². The maximum absolute atomic E-state index is 10.4. The summed E-state index contributed by atoms with van der Waals surface area (Å²) in [5.41, 5.74) is 0.0246. The SMILES string of the molecule is CSC1(CNc2ccc([N+](=O)[O-])cn2)CC1. The third-order valence-electron chi connectivity index (χ3n) is 2.79. The van der Waals surface area contributed by atoms with Gasteiger partial charge in [-0.05, 0) is 25.2 Å². The highest BCUT2D eigenvalue weighted by atomic mass is 32.2. The first kappa shape index (κ1) is 11.2. The Morgan fingerprint density at radius 2 is 2.38 bits per heavy atom. The molecule has 6 heteroatoms. The van der Waals surface area contributed by atoms with Crippen molar-refractivity contribution in [3.8, 4) is 0 Å². The van der Waals surface area contributed by atoms with E-state index < -0.39 is 4.92 Å². The van der Waals surface area contributed by atoms with Crippen LogP contribution in [0.3, 0.4) is 0 Å². The molecular weight excluding hydrogens is 226 g/mol. The lowest BCUT2D eigenvalue weighted by Crippen LogP contribution is -2.17. The van der Waals surface area contributed by atoms with E-state index in [0.717, 1.165) is 6.54 Å². The van der Waals surface area contributed by atoms with E-state index in [1.165, 1.54) is 25.1 Å². The van der Waals surface area contributed by atoms with E-state index in [4.69, 9.17) is 0 Å². The maximum Gasteiger partial charge on any atom is 0.287 e. The van der Waals surface area contributed by atoms with E-state index in [2.05, 4.69) is 16.6 Å². The smallest absolute Gasteiger partial charge is 0.287 e. The fourth-order valence-corrected chi connectivity index (χ4v) is 2.17. The number of nitro groups is 1. The van der Waals surface area contributed by atoms with Gasteiger partial charge in [0.25, 0.3) is 5.69 Å². The molecule has 0 saturated heterocycles. The third-order valence-corrected chi connectivity index (χ3v) is 4.21. The van der Waals surface area contributed by atoms with E-state index in [1.807, 2.05) is 11.8 Å². The summed E-state index contributed by atoms with van der Waals surface area (Å²) in [6, 6.07) is 3.11. The van der Waals surface area contributed by atoms with Crippen molar-refractivity contribution < 1.29 is 4.92 Å². The Bertz CT molecular complexity index is 390. The summed E-state index contributed by atoms with van der Waals surface area (Å²) in [5.74, 6) is 0.700. The van der Waals surface area contributed by atoms with Crippen molar-refractivity contribution in [1.29, 1.82) is 0 Å². The molecule has 1 aliphatic carbocycles. The lowest BCUT2D eigenvalue weighted by Gasteiger charge is -2.12. The fourth-order valence-electron chi connectivity index (χ4n) is 1.44. The second-order valence-electron chi connectivity index (χ2n) is 3.90. The van der Waals surface area contributed by atoms with Gasteiger partial charge >= 0.3 is 0 Å². The van der Waals surface area contributed by atoms with Gasteiger partial charge in [-0.25, -0.2) is 4.98 Å². The van der Waals surface area contributed by atoms with Crippen LogP contribution in [0.25, 0.3) is 0 Å². The van der Waals surface area contributed by atoms with Crippen LogP contribution in [0.4, 0.5) is 11.5 Å². The number of aromatic nitrogens is 1. The van der Waals surface area contributed by atoms with Gasteiger partial charge in [0, 0.05) is 17.4 Å². The highest BCUT2D eigenvalue weighted by Crippen LogP contribution is 2.46. The molecule has 0 amide bonds. The fraction of sp³-hybridized carbons (Fsp3) is 0.500. The van der Waals surface area contributed by atoms with E-state index in [-0.39, 0.29) is 5.69 Å². The summed E-state index contributed by atoms with van der Waals surface area (Å²) in [4.78, 5) is 14.0. The number of nitrogens with zero attached hydrogens (tertiary/aromatic N) is 2. The Labute approximate surface area is 97.8 Å². The minimum absolute atomic E-state index is 0.0246. The molecule has 0 aromatic carbocycles. The van der Waals surface area contributed by atoms with Crippen LogP contribution >= 0.6 is 11.8 Å². The third kappa shape index (κ3) is 2.44. The van der Waals surface area contributed by atoms with E-state index in [0.29, 0.717) is 10.6 Å². The Morgan fingerprint density at radius 3 is 2.81 bits per heavy atom. The molecule has 1 fully saturated rings. The van der Waals surface area contributed by atoms with Crippen LogP contribution in [0.5, 0.6) is 0 Å². The monoisotopic (exact) mass is 239 g/mol. The van der Waals surface area contributed by atoms with Gasteiger partial charge < -0.3 is 5.32 Å². The molecule has 86 valence electrons. The number of rotatable bonds is 5. The Morgan fingerprint density at radius 1 is 1.62 bits per heavy atom. The van der Waals surface area contributed by atoms with Gasteiger partial charge in [-0.3, -0.25) is 10.1 Å². The molecule has 0 atom stereocenters. The predicted molar refractivity (Wildman–Crippen MR) is 64.9 cm³/mol. The maximum atomic E-state index is 10.4. The van der Waals surface area contributed by atoms with Crippen LogP contribution < -0.4 is 5.32 Å². The first-order chi connectivity index (χ1) is 7.65. The van der Waals surface area contributed by atoms with Gasteiger partial charge in [0.05, 0.1) is 4.92 Å². The normalized spacial score (nSPS) is 16.8. The Hall–Kier alpha value is -1.30. The summed E-state index contributed by atoms with van der Waals surface area (Å²) in [6.45, 7) is 0.874. The van der Waals surface area contributed by atoms with Gasteiger partial charge in [0.15, 0.2) is 0 Å². The molecule has 1 N–H and O–H groups in total. The lowest BCUT2D eigenvalue weighted by atomic mass is 10.3. The zero-order valence-electron chi connectivity index (χ0n) is 8.97. The first-order valence-electron chi connectivity index (χ1n) is 5.05. The van der Waals surface area contributed by atoms with Gasteiger partial charge in [-0.15, -0.1) is 0 Å². The number of anilines is 1. The highest BCUT2D eigenvalue weighted by molar-refractivity contribution is 8.00. The van der Waals surface area contributed by atoms with E-state index >= 15 is 0 Å². The minimum atomic E-state index is -0.443. The zero-order valence-corrected chi connectivity index (χ0v) is 9.79. The van der Waals surface area contributed by atoms with Crippen molar-refractivity contribution in [2.75, 3.05) is 18.1 Å². The van der Waals surface area contributed by atoms with Gasteiger partial charge in [-0.2, -0.15) is 11.8 Å². The predicted octanol–water partition coefficient (Wildman–Crippen LogP) is 2.30. The van der Waals surface area contributed by atoms with Crippen LogP contribution in [-0.2, 0) is 0 Å². The molecule has 0 spiro atoms. The molecule has 1 heterocycles. The summed E-state index contributed by atoms with van der Waals surface area (Å²) >= 11 is 1.87. The lowest BCUT2D eigenvalue weighted by molar-refractivity contribution is -0.385. The Kier molecular flexibility index (Phi) is 3.00. The quantitative estimate of drug-likeness (QED) is 0.630. The molecule has 2 rings (SSSR count). The van der Waals surface area contributed by atoms with Crippen molar-refractivity contribution in [3.63, 3.8) is 0 Å². The minimum Gasteiger partial charge on any atom is -0.369 e. The van der Waals surface area contributed by atoms with Crippen molar-refractivity contribution >= 4 is 23.3 Å². The van der Waals surface area contributed by atoms with E-state index in [1.54, 1.807) is 6.07 Å². The van der Waals surface area contributed by atoms with Crippen LogP contribution in [0.2, 0.25) is 0 Å². The van der Waals surface area contributed by atoms with Gasteiger partial charge in [0.2, 0.25) is 0 Å². The molecule has 1 aliphatic rings. The average Bonchev–Trinajstić information content (AvgIpc) is 3.08. The number of nitrogens with one attached hydrogen (secondary N) is 1. The molecule has 5 nitrogen and oxygen atoms in total. The van der Waals surface area contributed by atoms with E-state index in [9.17, 15) is 10.1 Å². The summed E-state index contributed by atoms with van der Waals surface area (Å²) in [6.07, 6.45) is 5.85. The largest absolute Gasteiger partial charge is 0.369 e. The topological polar surface area (TPSA) is 68.1 Å². The summed E-state index contributed by atoms with van der Waals surface area (Å²) in [7, 11) is 0. The number of pyridine rings is 1. The zero-order chi connectivity index (χ0) is 11.6. The molecular formula is C10H13N3O2S. The summed E-state index contributed by atoms with van der Waals surface area (Å²) in [5, 5.41) is 13.6. The van der Waals surface area contributed by atoms with Crippen LogP contribution in [0.15, 0.2) is 18.3 Å². The molecule has 16 heavy (non-hydrogen) atoms. The molecule has 0 bridgehead atoms. The van der Waals surface area contributed by atoms with Crippen LogP contribution in [-0.4, -0.2) is 27.5 Å². The molecule has 1 aromatic rings. The Balaban J connectivity index is 1.93. The number of thioether (sulfide) groups is 1. The van der Waals surface area contributed by atoms with Crippen molar-refractivity contribution in [3.05, 3.63) is 28.4 Å². The van der Waals surface area contributed by atoms with Crippen molar-refractivity contribution in [2.45, 2.75) is 17.6 Å².